The van der Waals surface area contributed by atoms with Gasteiger partial charge in [0.1, 0.15) is 5.75 Å². The molecule has 2 aromatic rings. The zero-order chi connectivity index (χ0) is 19.6. The van der Waals surface area contributed by atoms with Crippen LogP contribution in [0.1, 0.15) is 25.0 Å². The molecule has 1 aliphatic heterocycles. The van der Waals surface area contributed by atoms with Crippen molar-refractivity contribution < 1.29 is 14.3 Å². The van der Waals surface area contributed by atoms with Crippen LogP contribution in [0.15, 0.2) is 47.4 Å². The molecule has 4 nitrogen and oxygen atoms in total. The molecule has 0 aromatic heterocycles. The van der Waals surface area contributed by atoms with Gasteiger partial charge >= 0.3 is 0 Å². The average molecular weight is 402 g/mol. The van der Waals surface area contributed by atoms with Crippen LogP contribution >= 0.6 is 23.4 Å². The Morgan fingerprint density at radius 3 is 2.33 bits per heavy atom. The molecule has 0 unspecified atom stereocenters. The van der Waals surface area contributed by atoms with E-state index in [0.29, 0.717) is 39.1 Å². The van der Waals surface area contributed by atoms with E-state index in [4.69, 9.17) is 16.3 Å². The van der Waals surface area contributed by atoms with E-state index in [2.05, 4.69) is 0 Å². The highest BCUT2D eigenvalue weighted by atomic mass is 35.5. The van der Waals surface area contributed by atoms with Gasteiger partial charge in [0.05, 0.1) is 22.8 Å². The van der Waals surface area contributed by atoms with Crippen LogP contribution in [0.25, 0.3) is 5.57 Å². The lowest BCUT2D eigenvalue weighted by Gasteiger charge is -2.16. The van der Waals surface area contributed by atoms with Crippen molar-refractivity contribution in [2.75, 3.05) is 17.3 Å². The highest BCUT2D eigenvalue weighted by Crippen LogP contribution is 2.39. The van der Waals surface area contributed by atoms with Crippen LogP contribution in [0.4, 0.5) is 5.69 Å². The number of aryl methyl sites for hydroxylation is 1. The number of rotatable bonds is 6. The summed E-state index contributed by atoms with van der Waals surface area (Å²) in [7, 11) is 0. The summed E-state index contributed by atoms with van der Waals surface area (Å²) < 4.78 is 5.46. The lowest BCUT2D eigenvalue weighted by molar-refractivity contribution is -0.119. The largest absolute Gasteiger partial charge is 0.494 e. The number of halogens is 1. The van der Waals surface area contributed by atoms with Crippen LogP contribution in [0.5, 0.6) is 5.75 Å². The van der Waals surface area contributed by atoms with Crippen LogP contribution in [0, 0.1) is 6.92 Å². The predicted molar refractivity (Wildman–Crippen MR) is 111 cm³/mol. The Balaban J connectivity index is 2.03. The van der Waals surface area contributed by atoms with E-state index in [0.717, 1.165) is 11.3 Å². The minimum Gasteiger partial charge on any atom is -0.494 e. The van der Waals surface area contributed by atoms with Gasteiger partial charge < -0.3 is 4.74 Å². The van der Waals surface area contributed by atoms with Gasteiger partial charge in [0, 0.05) is 5.02 Å². The molecule has 2 aromatic carbocycles. The lowest BCUT2D eigenvalue weighted by Crippen LogP contribution is -2.31. The van der Waals surface area contributed by atoms with Gasteiger partial charge in [0.2, 0.25) is 0 Å². The maximum absolute atomic E-state index is 13.2. The molecular formula is C21H20ClNO3S. The van der Waals surface area contributed by atoms with E-state index in [-0.39, 0.29) is 11.8 Å². The van der Waals surface area contributed by atoms with Gasteiger partial charge in [0.15, 0.2) is 0 Å². The molecule has 0 fully saturated rings. The maximum Gasteiger partial charge on any atom is 0.272 e. The van der Waals surface area contributed by atoms with Crippen molar-refractivity contribution in [2.45, 2.75) is 20.8 Å². The van der Waals surface area contributed by atoms with Gasteiger partial charge in [0.25, 0.3) is 11.8 Å². The van der Waals surface area contributed by atoms with Crippen molar-refractivity contribution in [3.63, 3.8) is 0 Å². The summed E-state index contributed by atoms with van der Waals surface area (Å²) in [6, 6.07) is 12.4. The summed E-state index contributed by atoms with van der Waals surface area (Å²) >= 11 is 7.58. The van der Waals surface area contributed by atoms with Crippen molar-refractivity contribution in [1.82, 2.24) is 0 Å². The molecular weight excluding hydrogens is 382 g/mol. The Morgan fingerprint density at radius 1 is 1.04 bits per heavy atom. The molecule has 1 heterocycles. The van der Waals surface area contributed by atoms with Crippen LogP contribution in [0.3, 0.4) is 0 Å². The fourth-order valence-corrected chi connectivity index (χ4v) is 3.91. The van der Waals surface area contributed by atoms with E-state index in [9.17, 15) is 9.59 Å². The van der Waals surface area contributed by atoms with E-state index < -0.39 is 0 Å². The third-order valence-electron chi connectivity index (χ3n) is 4.20. The van der Waals surface area contributed by atoms with Crippen molar-refractivity contribution in [1.29, 1.82) is 0 Å². The molecule has 0 bridgehead atoms. The number of carbonyl (C=O) groups is 2. The summed E-state index contributed by atoms with van der Waals surface area (Å²) in [4.78, 5) is 27.8. The Kier molecular flexibility index (Phi) is 5.92. The summed E-state index contributed by atoms with van der Waals surface area (Å²) in [5, 5.41) is 0.521. The fraction of sp³-hybridized carbons (Fsp3) is 0.238. The second kappa shape index (κ2) is 8.19. The number of benzene rings is 2. The van der Waals surface area contributed by atoms with Crippen molar-refractivity contribution in [2.24, 2.45) is 0 Å². The van der Waals surface area contributed by atoms with Crippen LogP contribution in [-0.2, 0) is 9.59 Å². The van der Waals surface area contributed by atoms with Crippen molar-refractivity contribution >= 4 is 46.4 Å². The highest BCUT2D eigenvalue weighted by molar-refractivity contribution is 8.04. The van der Waals surface area contributed by atoms with Crippen LogP contribution in [0.2, 0.25) is 5.02 Å². The first kappa shape index (κ1) is 19.5. The number of imide groups is 1. The molecule has 0 N–H and O–H groups in total. The second-order valence-corrected chi connectivity index (χ2v) is 7.66. The van der Waals surface area contributed by atoms with Gasteiger partial charge in [-0.05, 0) is 55.0 Å². The van der Waals surface area contributed by atoms with Crippen molar-refractivity contribution in [3.8, 4) is 5.75 Å². The van der Waals surface area contributed by atoms with Crippen LogP contribution in [-0.4, -0.2) is 24.2 Å². The Morgan fingerprint density at radius 2 is 1.74 bits per heavy atom. The maximum atomic E-state index is 13.2. The SMILES string of the molecule is CCOc1ccc(C2=C(SCC)C(=O)N(c3ccc(C)c(Cl)c3)C2=O)cc1. The number of anilines is 1. The Labute approximate surface area is 168 Å². The van der Waals surface area contributed by atoms with Gasteiger partial charge in [-0.3, -0.25) is 9.59 Å². The number of thioether (sulfide) groups is 1. The normalized spacial score (nSPS) is 14.3. The smallest absolute Gasteiger partial charge is 0.272 e. The number of nitrogens with zero attached hydrogens (tertiary/aromatic N) is 1. The summed E-state index contributed by atoms with van der Waals surface area (Å²) in [6.45, 7) is 6.31. The lowest BCUT2D eigenvalue weighted by atomic mass is 10.1. The molecule has 0 radical (unpaired) electrons. The summed E-state index contributed by atoms with van der Waals surface area (Å²) in [6.07, 6.45) is 0. The topological polar surface area (TPSA) is 46.6 Å². The molecule has 0 aliphatic carbocycles. The standard InChI is InChI=1S/C21H20ClNO3S/c1-4-26-16-10-7-14(8-11-16)18-19(27-5-2)21(25)23(20(18)24)15-9-6-13(3)17(22)12-15/h6-12H,4-5H2,1-3H3. The van der Waals surface area contributed by atoms with Gasteiger partial charge in [-0.2, -0.15) is 0 Å². The van der Waals surface area contributed by atoms with E-state index in [1.807, 2.05) is 45.0 Å². The molecule has 0 saturated heterocycles. The molecule has 0 spiro atoms. The first-order chi connectivity index (χ1) is 13.0. The first-order valence-electron chi connectivity index (χ1n) is 8.73. The van der Waals surface area contributed by atoms with Gasteiger partial charge in [-0.25, -0.2) is 4.90 Å². The van der Waals surface area contributed by atoms with Crippen molar-refractivity contribution in [3.05, 3.63) is 63.5 Å². The molecule has 1 aliphatic rings. The summed E-state index contributed by atoms with van der Waals surface area (Å²) in [5.74, 6) is 0.776. The number of carbonyl (C=O) groups excluding carboxylic acids is 2. The second-order valence-electron chi connectivity index (χ2n) is 5.97. The number of amides is 2. The number of ether oxygens (including phenoxy) is 1. The van der Waals surface area contributed by atoms with Gasteiger partial charge in [-0.15, -0.1) is 11.8 Å². The highest BCUT2D eigenvalue weighted by Gasteiger charge is 2.40. The molecule has 0 saturated carbocycles. The van der Waals surface area contributed by atoms with Crippen LogP contribution < -0.4 is 9.64 Å². The molecule has 6 heteroatoms. The molecule has 0 atom stereocenters. The monoisotopic (exact) mass is 401 g/mol. The minimum absolute atomic E-state index is 0.310. The third-order valence-corrected chi connectivity index (χ3v) is 5.56. The van der Waals surface area contributed by atoms with E-state index >= 15 is 0 Å². The number of hydrogen-bond donors (Lipinski definition) is 0. The average Bonchev–Trinajstić information content (AvgIpc) is 2.89. The number of hydrogen-bond acceptors (Lipinski definition) is 4. The Bertz CT molecular complexity index is 922. The quantitative estimate of drug-likeness (QED) is 0.633. The fourth-order valence-electron chi connectivity index (χ4n) is 2.88. The molecule has 27 heavy (non-hydrogen) atoms. The molecule has 3 rings (SSSR count). The first-order valence-corrected chi connectivity index (χ1v) is 10.1. The predicted octanol–water partition coefficient (Wildman–Crippen LogP) is 5.08. The zero-order valence-electron chi connectivity index (χ0n) is 15.4. The zero-order valence-corrected chi connectivity index (χ0v) is 17.0. The summed E-state index contributed by atoms with van der Waals surface area (Å²) in [5.41, 5.74) is 2.50. The minimum atomic E-state index is -0.333. The molecule has 2 amide bonds. The molecule has 140 valence electrons. The third kappa shape index (κ3) is 3.75. The van der Waals surface area contributed by atoms with Gasteiger partial charge in [-0.1, -0.05) is 36.7 Å². The Hall–Kier alpha value is -2.24. The van der Waals surface area contributed by atoms with E-state index in [1.54, 1.807) is 18.2 Å². The van der Waals surface area contributed by atoms with E-state index in [1.165, 1.54) is 16.7 Å².